The monoisotopic (exact) mass is 355 g/mol. The molecule has 6 heteroatoms. The number of carbonyl (C=O) groups excluding carboxylic acids is 1. The van der Waals surface area contributed by atoms with Crippen molar-refractivity contribution in [1.82, 2.24) is 14.9 Å². The first-order chi connectivity index (χ1) is 12.7. The average Bonchev–Trinajstić information content (AvgIpc) is 2.69. The number of rotatable bonds is 6. The smallest absolute Gasteiger partial charge is 0.344 e. The molecule has 2 heterocycles. The Morgan fingerprint density at radius 2 is 2.23 bits per heavy atom. The van der Waals surface area contributed by atoms with Crippen LogP contribution in [0.15, 0.2) is 41.5 Å². The van der Waals surface area contributed by atoms with Gasteiger partial charge in [-0.2, -0.15) is 0 Å². The van der Waals surface area contributed by atoms with Crippen LogP contribution in [0.25, 0.3) is 11.1 Å². The van der Waals surface area contributed by atoms with Gasteiger partial charge in [0.05, 0.1) is 0 Å². The Bertz CT molecular complexity index is 782. The molecular formula is C20H25N3O3. The van der Waals surface area contributed by atoms with Crippen LogP contribution < -0.4 is 5.69 Å². The van der Waals surface area contributed by atoms with Gasteiger partial charge in [-0.3, -0.25) is 4.79 Å². The Labute approximate surface area is 153 Å². The van der Waals surface area contributed by atoms with Crippen LogP contribution in [0.1, 0.15) is 42.5 Å². The van der Waals surface area contributed by atoms with E-state index in [1.54, 1.807) is 13.3 Å². The predicted octanol–water partition coefficient (Wildman–Crippen LogP) is 2.86. The molecule has 1 aromatic heterocycles. The lowest BCUT2D eigenvalue weighted by Gasteiger charge is -2.36. The number of carbonyl (C=O) groups is 1. The molecule has 1 aliphatic heterocycles. The van der Waals surface area contributed by atoms with Gasteiger partial charge in [-0.05, 0) is 49.8 Å². The number of hydrogen-bond donors (Lipinski definition) is 1. The lowest BCUT2D eigenvalue weighted by molar-refractivity contribution is 0.0585. The van der Waals surface area contributed by atoms with Crippen LogP contribution in [-0.2, 0) is 4.74 Å². The molecule has 1 saturated heterocycles. The molecule has 0 radical (unpaired) electrons. The van der Waals surface area contributed by atoms with Gasteiger partial charge in [-0.15, -0.1) is 0 Å². The van der Waals surface area contributed by atoms with E-state index in [1.165, 1.54) is 12.6 Å². The van der Waals surface area contributed by atoms with Gasteiger partial charge in [-0.25, -0.2) is 9.78 Å². The van der Waals surface area contributed by atoms with Gasteiger partial charge in [0.2, 0.25) is 0 Å². The van der Waals surface area contributed by atoms with Crippen LogP contribution in [0, 0.1) is 0 Å². The number of hydrogen-bond acceptors (Lipinski definition) is 4. The predicted molar refractivity (Wildman–Crippen MR) is 100 cm³/mol. The lowest BCUT2D eigenvalue weighted by atomic mass is 9.96. The minimum atomic E-state index is -0.381. The van der Waals surface area contributed by atoms with E-state index in [-0.39, 0.29) is 17.6 Å². The fourth-order valence-corrected chi connectivity index (χ4v) is 3.53. The maximum absolute atomic E-state index is 13.1. The summed E-state index contributed by atoms with van der Waals surface area (Å²) in [5.74, 6) is 0.0753. The van der Waals surface area contributed by atoms with Gasteiger partial charge in [0.25, 0.3) is 5.91 Å². The van der Waals surface area contributed by atoms with E-state index in [9.17, 15) is 9.59 Å². The number of H-pyrrole nitrogens is 1. The van der Waals surface area contributed by atoms with Crippen molar-refractivity contribution in [2.75, 3.05) is 20.3 Å². The zero-order valence-corrected chi connectivity index (χ0v) is 15.1. The Kier molecular flexibility index (Phi) is 6.17. The molecule has 2 aromatic rings. The van der Waals surface area contributed by atoms with Crippen molar-refractivity contribution in [2.24, 2.45) is 0 Å². The normalized spacial score (nSPS) is 17.3. The van der Waals surface area contributed by atoms with Crippen molar-refractivity contribution in [3.8, 4) is 11.1 Å². The molecule has 138 valence electrons. The molecule has 0 spiro atoms. The molecule has 0 unspecified atom stereocenters. The molecule has 0 aliphatic carbocycles. The second-order valence-corrected chi connectivity index (χ2v) is 6.67. The van der Waals surface area contributed by atoms with Crippen LogP contribution in [0.4, 0.5) is 0 Å². The molecule has 1 N–H and O–H groups in total. The third-order valence-corrected chi connectivity index (χ3v) is 4.89. The van der Waals surface area contributed by atoms with Crippen LogP contribution in [-0.4, -0.2) is 47.1 Å². The molecule has 1 aromatic carbocycles. The fourth-order valence-electron chi connectivity index (χ4n) is 3.53. The summed E-state index contributed by atoms with van der Waals surface area (Å²) in [6.45, 7) is 1.54. The highest BCUT2D eigenvalue weighted by atomic mass is 16.5. The SMILES string of the molecule is COCCC[C@@H]1CCCCN1C(=O)c1cccc(-c2cnc(=O)[nH]c2)c1. The summed E-state index contributed by atoms with van der Waals surface area (Å²) in [7, 11) is 1.71. The first-order valence-corrected chi connectivity index (χ1v) is 9.14. The van der Waals surface area contributed by atoms with Crippen LogP contribution >= 0.6 is 0 Å². The minimum absolute atomic E-state index is 0.0753. The van der Waals surface area contributed by atoms with Crippen molar-refractivity contribution in [1.29, 1.82) is 0 Å². The maximum atomic E-state index is 13.1. The van der Waals surface area contributed by atoms with Crippen LogP contribution in [0.2, 0.25) is 0 Å². The number of amides is 1. The highest BCUT2D eigenvalue weighted by molar-refractivity contribution is 5.95. The van der Waals surface area contributed by atoms with Gasteiger partial charge >= 0.3 is 5.69 Å². The van der Waals surface area contributed by atoms with E-state index >= 15 is 0 Å². The van der Waals surface area contributed by atoms with Crippen molar-refractivity contribution >= 4 is 5.91 Å². The van der Waals surface area contributed by atoms with E-state index in [0.717, 1.165) is 50.0 Å². The number of nitrogens with one attached hydrogen (secondary N) is 1. The number of nitrogens with zero attached hydrogens (tertiary/aromatic N) is 2. The van der Waals surface area contributed by atoms with Crippen molar-refractivity contribution in [2.45, 2.75) is 38.1 Å². The van der Waals surface area contributed by atoms with E-state index in [4.69, 9.17) is 4.74 Å². The zero-order valence-electron chi connectivity index (χ0n) is 15.1. The largest absolute Gasteiger partial charge is 0.385 e. The summed E-state index contributed by atoms with van der Waals surface area (Å²) >= 11 is 0. The minimum Gasteiger partial charge on any atom is -0.385 e. The zero-order chi connectivity index (χ0) is 18.4. The summed E-state index contributed by atoms with van der Waals surface area (Å²) in [6, 6.07) is 7.80. The number of piperidine rings is 1. The Hall–Kier alpha value is -2.47. The fraction of sp³-hybridized carbons (Fsp3) is 0.450. The van der Waals surface area contributed by atoms with Crippen LogP contribution in [0.5, 0.6) is 0 Å². The summed E-state index contributed by atoms with van der Waals surface area (Å²) in [5, 5.41) is 0. The van der Waals surface area contributed by atoms with Crippen molar-refractivity contribution < 1.29 is 9.53 Å². The number of likely N-dealkylation sites (tertiary alicyclic amines) is 1. The number of ether oxygens (including phenoxy) is 1. The van der Waals surface area contributed by atoms with Gasteiger partial charge in [0.1, 0.15) is 0 Å². The van der Waals surface area contributed by atoms with E-state index in [0.29, 0.717) is 5.56 Å². The van der Waals surface area contributed by atoms with Gasteiger partial charge in [0.15, 0.2) is 0 Å². The van der Waals surface area contributed by atoms with E-state index in [1.807, 2.05) is 29.2 Å². The average molecular weight is 355 g/mol. The molecule has 1 aliphatic rings. The molecule has 6 nitrogen and oxygen atoms in total. The van der Waals surface area contributed by atoms with Gasteiger partial charge in [-0.1, -0.05) is 12.1 Å². The van der Waals surface area contributed by atoms with E-state index in [2.05, 4.69) is 9.97 Å². The third kappa shape index (κ3) is 4.38. The molecule has 0 bridgehead atoms. The third-order valence-electron chi connectivity index (χ3n) is 4.89. The van der Waals surface area contributed by atoms with Gasteiger partial charge < -0.3 is 14.6 Å². The Morgan fingerprint density at radius 3 is 3.00 bits per heavy atom. The second-order valence-electron chi connectivity index (χ2n) is 6.67. The van der Waals surface area contributed by atoms with Gasteiger partial charge in [0, 0.05) is 49.8 Å². The van der Waals surface area contributed by atoms with Crippen molar-refractivity contribution in [3.63, 3.8) is 0 Å². The Balaban J connectivity index is 1.78. The molecule has 1 atom stereocenters. The van der Waals surface area contributed by atoms with Crippen LogP contribution in [0.3, 0.4) is 0 Å². The second kappa shape index (κ2) is 8.76. The summed E-state index contributed by atoms with van der Waals surface area (Å²) in [6.07, 6.45) is 8.36. The summed E-state index contributed by atoms with van der Waals surface area (Å²) in [4.78, 5) is 32.6. The van der Waals surface area contributed by atoms with Crippen molar-refractivity contribution in [3.05, 3.63) is 52.7 Å². The maximum Gasteiger partial charge on any atom is 0.344 e. The number of benzene rings is 1. The standard InChI is InChI=1S/C20H25N3O3/c1-26-11-5-9-18-8-2-3-10-23(18)19(24)16-7-4-6-15(12-16)17-13-21-20(25)22-14-17/h4,6-7,12-14,18H,2-3,5,8-11H2,1H3,(H,21,22,25)/t18-/m0/s1. The highest BCUT2D eigenvalue weighted by Gasteiger charge is 2.27. The first kappa shape index (κ1) is 18.3. The summed E-state index contributed by atoms with van der Waals surface area (Å²) < 4.78 is 5.15. The molecular weight excluding hydrogens is 330 g/mol. The number of methoxy groups -OCH3 is 1. The molecule has 1 fully saturated rings. The topological polar surface area (TPSA) is 75.3 Å². The lowest BCUT2D eigenvalue weighted by Crippen LogP contribution is -2.43. The molecule has 0 saturated carbocycles. The Morgan fingerprint density at radius 1 is 1.35 bits per heavy atom. The van der Waals surface area contributed by atoms with E-state index < -0.39 is 0 Å². The molecule has 3 rings (SSSR count). The number of aromatic amines is 1. The quantitative estimate of drug-likeness (QED) is 0.809. The molecule has 1 amide bonds. The summed E-state index contributed by atoms with van der Waals surface area (Å²) in [5.41, 5.74) is 1.95. The number of aromatic nitrogens is 2. The molecule has 26 heavy (non-hydrogen) atoms. The first-order valence-electron chi connectivity index (χ1n) is 9.14. The highest BCUT2D eigenvalue weighted by Crippen LogP contribution is 2.25.